The lowest BCUT2D eigenvalue weighted by Gasteiger charge is -2.48. The van der Waals surface area contributed by atoms with Crippen LogP contribution in [0, 0.1) is 5.41 Å². The molecule has 41 heavy (non-hydrogen) atoms. The molecule has 1 heterocycles. The molecule has 0 aliphatic carbocycles. The Morgan fingerprint density at radius 3 is 2.44 bits per heavy atom. The third kappa shape index (κ3) is 9.84. The van der Waals surface area contributed by atoms with Gasteiger partial charge in [0.15, 0.2) is 14.1 Å². The molecule has 4 atom stereocenters. The van der Waals surface area contributed by atoms with Gasteiger partial charge in [0.05, 0.1) is 24.9 Å². The van der Waals surface area contributed by atoms with Crippen LogP contribution in [0.4, 0.5) is 0 Å². The molecular formula is C32H52O7SSi. The third-order valence-corrected chi connectivity index (χ3v) is 13.5. The van der Waals surface area contributed by atoms with Gasteiger partial charge in [0.25, 0.3) is 0 Å². The number of carbonyl (C=O) groups excluding carboxylic acids is 2. The van der Waals surface area contributed by atoms with Gasteiger partial charge in [-0.25, -0.2) is 0 Å². The number of Topliss-reactive ketones (excluding diaryl/α,β-unsaturated/α-hetero) is 1. The average Bonchev–Trinajstić information content (AvgIpc) is 2.90. The van der Waals surface area contributed by atoms with Crippen LogP contribution in [0.5, 0.6) is 0 Å². The summed E-state index contributed by atoms with van der Waals surface area (Å²) in [7, 11) is -0.670. The highest BCUT2D eigenvalue weighted by molar-refractivity contribution is 8.14. The average molecular weight is 609 g/mol. The van der Waals surface area contributed by atoms with E-state index in [-0.39, 0.29) is 41.0 Å². The highest BCUT2D eigenvalue weighted by Crippen LogP contribution is 2.44. The van der Waals surface area contributed by atoms with Crippen molar-refractivity contribution in [2.75, 3.05) is 19.7 Å². The van der Waals surface area contributed by atoms with Crippen LogP contribution >= 0.6 is 11.8 Å². The van der Waals surface area contributed by atoms with Gasteiger partial charge in [0, 0.05) is 25.4 Å². The fourth-order valence-corrected chi connectivity index (χ4v) is 6.49. The molecule has 232 valence electrons. The predicted molar refractivity (Wildman–Crippen MR) is 168 cm³/mol. The summed E-state index contributed by atoms with van der Waals surface area (Å²) < 4.78 is 31.3. The second kappa shape index (κ2) is 15.4. The molecule has 7 nitrogen and oxygen atoms in total. The van der Waals surface area contributed by atoms with Crippen molar-refractivity contribution < 1.29 is 33.0 Å². The number of methoxy groups -OCH3 is 1. The van der Waals surface area contributed by atoms with Crippen LogP contribution < -0.4 is 0 Å². The molecule has 9 heteroatoms. The van der Waals surface area contributed by atoms with Gasteiger partial charge in [-0.15, -0.1) is 0 Å². The van der Waals surface area contributed by atoms with Gasteiger partial charge < -0.3 is 23.4 Å². The molecule has 2 rings (SSSR count). The maximum absolute atomic E-state index is 13.3. The van der Waals surface area contributed by atoms with Gasteiger partial charge in [-0.3, -0.25) is 9.59 Å². The number of hydrogen-bond acceptors (Lipinski definition) is 8. The number of ketones is 1. The normalized spacial score (nSPS) is 22.2. The summed E-state index contributed by atoms with van der Waals surface area (Å²) in [4.78, 5) is 25.5. The first kappa shape index (κ1) is 35.9. The van der Waals surface area contributed by atoms with Crippen molar-refractivity contribution in [3.8, 4) is 0 Å². The molecule has 0 unspecified atom stereocenters. The van der Waals surface area contributed by atoms with Crippen molar-refractivity contribution in [3.63, 3.8) is 0 Å². The predicted octanol–water partition coefficient (Wildman–Crippen LogP) is 7.30. The number of ether oxygens (including phenoxy) is 4. The molecule has 0 saturated carbocycles. The molecule has 0 bridgehead atoms. The molecule has 1 aliphatic heterocycles. The lowest BCUT2D eigenvalue weighted by Crippen LogP contribution is -2.59. The van der Waals surface area contributed by atoms with Crippen LogP contribution in [-0.4, -0.2) is 63.0 Å². The highest BCUT2D eigenvalue weighted by Gasteiger charge is 2.55. The van der Waals surface area contributed by atoms with E-state index in [4.69, 9.17) is 23.4 Å². The second-order valence-electron chi connectivity index (χ2n) is 12.8. The van der Waals surface area contributed by atoms with E-state index in [1.54, 1.807) is 6.08 Å². The zero-order chi connectivity index (χ0) is 30.9. The molecule has 1 aromatic carbocycles. The Hall–Kier alpha value is -1.33. The molecule has 1 aliphatic rings. The summed E-state index contributed by atoms with van der Waals surface area (Å²) in [6.07, 6.45) is 3.82. The molecule has 1 fully saturated rings. The van der Waals surface area contributed by atoms with E-state index in [2.05, 4.69) is 33.9 Å². The number of benzene rings is 1. The standard InChI is InChI=1S/C32H52O7SSi/c1-11-40-29(34)19-20-31(6,7)32(35-8)28(33)18-17-26(38-32)21-27(39-41(9,10)30(3,4)5)24(2)37-23-36-22-25-15-13-12-14-16-25/h12-16,19-20,24,26-27H,11,17-18,21-23H2,1-10H3/b20-19+/t24-,26+,27-,32-/m1/s1. The Labute approximate surface area is 253 Å². The SMILES string of the molecule is CCSC(=O)/C=C/C(C)(C)[C@]1(OC)O[C@H](C[C@@H](O[Si](C)(C)C(C)(C)C)[C@@H](C)OCOCc2ccccc2)CCC1=O. The molecule has 0 radical (unpaired) electrons. The van der Waals surface area contributed by atoms with Gasteiger partial charge in [-0.2, -0.15) is 0 Å². The Bertz CT molecular complexity index is 1010. The monoisotopic (exact) mass is 608 g/mol. The number of thioether (sulfide) groups is 1. The minimum Gasteiger partial charge on any atom is -0.411 e. The number of rotatable bonds is 15. The smallest absolute Gasteiger partial charge is 0.237 e. The fourth-order valence-electron chi connectivity index (χ4n) is 4.64. The van der Waals surface area contributed by atoms with E-state index in [0.29, 0.717) is 31.6 Å². The largest absolute Gasteiger partial charge is 0.411 e. The maximum atomic E-state index is 13.3. The van der Waals surface area contributed by atoms with E-state index in [0.717, 1.165) is 5.56 Å². The van der Waals surface area contributed by atoms with Crippen LogP contribution in [-0.2, 0) is 39.6 Å². The van der Waals surface area contributed by atoms with Crippen LogP contribution in [0.3, 0.4) is 0 Å². The van der Waals surface area contributed by atoms with Gasteiger partial charge in [0.1, 0.15) is 6.79 Å². The van der Waals surface area contributed by atoms with Crippen LogP contribution in [0.2, 0.25) is 18.1 Å². The Balaban J connectivity index is 2.22. The van der Waals surface area contributed by atoms with Crippen molar-refractivity contribution in [1.82, 2.24) is 0 Å². The van der Waals surface area contributed by atoms with Crippen molar-refractivity contribution in [2.24, 2.45) is 5.41 Å². The molecule has 0 amide bonds. The summed E-state index contributed by atoms with van der Waals surface area (Å²) in [5.41, 5.74) is 0.214. The van der Waals surface area contributed by atoms with Crippen LogP contribution in [0.1, 0.15) is 73.3 Å². The van der Waals surface area contributed by atoms with E-state index in [1.165, 1.54) is 24.9 Å². The summed E-state index contributed by atoms with van der Waals surface area (Å²) in [5, 5.41) is -0.0560. The summed E-state index contributed by atoms with van der Waals surface area (Å²) in [6, 6.07) is 9.99. The third-order valence-electron chi connectivity index (χ3n) is 8.25. The molecule has 1 saturated heterocycles. The van der Waals surface area contributed by atoms with Gasteiger partial charge >= 0.3 is 0 Å². The van der Waals surface area contributed by atoms with Crippen molar-refractivity contribution in [1.29, 1.82) is 0 Å². The molecule has 0 spiro atoms. The first-order valence-corrected chi connectivity index (χ1v) is 18.5. The molecule has 0 aromatic heterocycles. The van der Waals surface area contributed by atoms with Crippen molar-refractivity contribution in [2.45, 2.75) is 117 Å². The van der Waals surface area contributed by atoms with Gasteiger partial charge in [0.2, 0.25) is 10.9 Å². The maximum Gasteiger partial charge on any atom is 0.237 e. The van der Waals surface area contributed by atoms with Crippen molar-refractivity contribution >= 4 is 31.0 Å². The minimum absolute atomic E-state index is 0.00425. The summed E-state index contributed by atoms with van der Waals surface area (Å²) >= 11 is 1.22. The van der Waals surface area contributed by atoms with E-state index < -0.39 is 19.5 Å². The first-order chi connectivity index (χ1) is 19.1. The first-order valence-electron chi connectivity index (χ1n) is 14.6. The zero-order valence-electron chi connectivity index (χ0n) is 26.8. The number of carbonyl (C=O) groups is 2. The van der Waals surface area contributed by atoms with E-state index in [1.807, 2.05) is 58.0 Å². The van der Waals surface area contributed by atoms with E-state index in [9.17, 15) is 9.59 Å². The Morgan fingerprint density at radius 2 is 1.85 bits per heavy atom. The summed E-state index contributed by atoms with van der Waals surface area (Å²) in [5.74, 6) is -0.945. The lowest BCUT2D eigenvalue weighted by molar-refractivity contribution is -0.285. The quantitative estimate of drug-likeness (QED) is 0.0888. The van der Waals surface area contributed by atoms with Crippen molar-refractivity contribution in [3.05, 3.63) is 48.0 Å². The minimum atomic E-state index is -2.17. The van der Waals surface area contributed by atoms with Crippen LogP contribution in [0.25, 0.3) is 0 Å². The topological polar surface area (TPSA) is 80.3 Å². The Kier molecular flexibility index (Phi) is 13.5. The second-order valence-corrected chi connectivity index (χ2v) is 18.8. The fraction of sp³-hybridized carbons (Fsp3) is 0.688. The number of hydrogen-bond donors (Lipinski definition) is 0. The molecule has 1 aromatic rings. The van der Waals surface area contributed by atoms with Crippen LogP contribution in [0.15, 0.2) is 42.5 Å². The lowest BCUT2D eigenvalue weighted by atomic mass is 9.77. The zero-order valence-corrected chi connectivity index (χ0v) is 28.6. The van der Waals surface area contributed by atoms with E-state index >= 15 is 0 Å². The highest BCUT2D eigenvalue weighted by atomic mass is 32.2. The Morgan fingerprint density at radius 1 is 1.20 bits per heavy atom. The molecular weight excluding hydrogens is 556 g/mol. The van der Waals surface area contributed by atoms with Gasteiger partial charge in [-0.05, 0) is 48.9 Å². The molecule has 0 N–H and O–H groups in total. The summed E-state index contributed by atoms with van der Waals surface area (Å²) in [6.45, 7) is 19.4. The van der Waals surface area contributed by atoms with Gasteiger partial charge in [-0.1, -0.05) is 89.7 Å².